The van der Waals surface area contributed by atoms with Crippen LogP contribution in [0.5, 0.6) is 0 Å². The van der Waals surface area contributed by atoms with Crippen molar-refractivity contribution in [3.8, 4) is 51.0 Å². The molecule has 4 nitrogen and oxygen atoms in total. The van der Waals surface area contributed by atoms with Crippen LogP contribution >= 0.6 is 11.8 Å². The van der Waals surface area contributed by atoms with Gasteiger partial charge in [-0.05, 0) is 64.0 Å². The monoisotopic (exact) mass is 630 g/mol. The third kappa shape index (κ3) is 4.29. The van der Waals surface area contributed by atoms with Crippen molar-refractivity contribution in [1.29, 1.82) is 0 Å². The Labute approximate surface area is 281 Å². The normalized spacial score (nSPS) is 12.1. The quantitative estimate of drug-likeness (QED) is 0.194. The first kappa shape index (κ1) is 27.1. The fourth-order valence-corrected chi connectivity index (χ4v) is 8.14. The van der Waals surface area contributed by atoms with E-state index in [1.165, 1.54) is 42.8 Å². The molecule has 0 atom stereocenters. The van der Waals surface area contributed by atoms with Crippen molar-refractivity contribution in [2.45, 2.75) is 9.79 Å². The zero-order valence-electron chi connectivity index (χ0n) is 25.7. The topological polar surface area (TPSA) is 43.6 Å². The lowest BCUT2D eigenvalue weighted by Gasteiger charge is -2.21. The first-order valence-corrected chi connectivity index (χ1v) is 16.9. The van der Waals surface area contributed by atoms with Crippen molar-refractivity contribution in [3.05, 3.63) is 158 Å². The van der Waals surface area contributed by atoms with E-state index in [1.807, 2.05) is 72.4 Å². The molecule has 5 heteroatoms. The summed E-state index contributed by atoms with van der Waals surface area (Å²) < 4.78 is 2.18. The van der Waals surface area contributed by atoms with Gasteiger partial charge in [0.25, 0.3) is 0 Å². The summed E-state index contributed by atoms with van der Waals surface area (Å²) in [6.45, 7) is 0. The smallest absolute Gasteiger partial charge is 0.238 e. The van der Waals surface area contributed by atoms with E-state index in [9.17, 15) is 0 Å². The molecule has 10 rings (SSSR count). The Bertz CT molecular complexity index is 2630. The standard InChI is InChI=1S/C43H26N4S/c1-3-11-28(12-4-1)41-44-42(29-13-5-2-6-14-29)46-43(45-41)47-36-19-8-7-17-32(36)34-25-30(21-23-37(34)47)31-22-24-38-35(26-31)33-18-9-15-27-16-10-20-39(48-38)40(27)33/h1-26H. The van der Waals surface area contributed by atoms with Crippen LogP contribution in [-0.2, 0) is 0 Å². The zero-order chi connectivity index (χ0) is 31.6. The van der Waals surface area contributed by atoms with Crippen molar-refractivity contribution >= 4 is 44.3 Å². The number of para-hydroxylation sites is 1. The van der Waals surface area contributed by atoms with E-state index >= 15 is 0 Å². The van der Waals surface area contributed by atoms with E-state index < -0.39 is 0 Å². The predicted molar refractivity (Wildman–Crippen MR) is 198 cm³/mol. The van der Waals surface area contributed by atoms with Gasteiger partial charge in [0, 0.05) is 37.1 Å². The van der Waals surface area contributed by atoms with Crippen LogP contribution in [0.2, 0.25) is 0 Å². The van der Waals surface area contributed by atoms with Gasteiger partial charge in [-0.2, -0.15) is 9.97 Å². The molecule has 0 unspecified atom stereocenters. The van der Waals surface area contributed by atoms with Gasteiger partial charge in [-0.1, -0.05) is 133 Å². The van der Waals surface area contributed by atoms with E-state index in [1.54, 1.807) is 0 Å². The van der Waals surface area contributed by atoms with Gasteiger partial charge in [0.2, 0.25) is 5.95 Å². The molecule has 48 heavy (non-hydrogen) atoms. The highest BCUT2D eigenvalue weighted by Crippen LogP contribution is 2.49. The third-order valence-corrected chi connectivity index (χ3v) is 10.4. The number of benzene rings is 7. The summed E-state index contributed by atoms with van der Waals surface area (Å²) in [5.74, 6) is 1.88. The van der Waals surface area contributed by atoms with Gasteiger partial charge in [-0.3, -0.25) is 4.57 Å². The molecule has 9 aromatic rings. The lowest BCUT2D eigenvalue weighted by atomic mass is 9.94. The lowest BCUT2D eigenvalue weighted by molar-refractivity contribution is 0.953. The molecule has 1 aliphatic heterocycles. The average Bonchev–Trinajstić information content (AvgIpc) is 3.49. The maximum absolute atomic E-state index is 5.08. The Morgan fingerprint density at radius 1 is 0.417 bits per heavy atom. The highest BCUT2D eigenvalue weighted by molar-refractivity contribution is 7.99. The Kier molecular flexibility index (Phi) is 6.08. The van der Waals surface area contributed by atoms with Gasteiger partial charge in [0.1, 0.15) is 0 Å². The average molecular weight is 631 g/mol. The molecule has 0 bridgehead atoms. The number of nitrogens with zero attached hydrogens (tertiary/aromatic N) is 4. The largest absolute Gasteiger partial charge is 0.278 e. The van der Waals surface area contributed by atoms with Crippen molar-refractivity contribution in [2.75, 3.05) is 0 Å². The van der Waals surface area contributed by atoms with Crippen LogP contribution in [0.25, 0.3) is 83.6 Å². The minimum atomic E-state index is 0.597. The fraction of sp³-hybridized carbons (Fsp3) is 0. The Balaban J connectivity index is 1.16. The third-order valence-electron chi connectivity index (χ3n) is 9.25. The molecule has 0 N–H and O–H groups in total. The van der Waals surface area contributed by atoms with E-state index in [2.05, 4.69) is 102 Å². The van der Waals surface area contributed by atoms with Gasteiger partial charge in [0.05, 0.1) is 11.0 Å². The Hall–Kier alpha value is -6.04. The van der Waals surface area contributed by atoms with Crippen LogP contribution in [-0.4, -0.2) is 19.5 Å². The Morgan fingerprint density at radius 3 is 1.83 bits per heavy atom. The van der Waals surface area contributed by atoms with Crippen LogP contribution in [0.3, 0.4) is 0 Å². The SMILES string of the molecule is c1ccc(-c2nc(-c3ccccc3)nc(-n3c4ccccc4c4cc(-c5ccc6c(c5)-c5cccc7cccc(c57)S6)ccc43)n2)cc1. The van der Waals surface area contributed by atoms with E-state index in [0.29, 0.717) is 17.6 Å². The first-order valence-electron chi connectivity index (χ1n) is 16.0. The maximum atomic E-state index is 5.08. The molecule has 0 amide bonds. The summed E-state index contributed by atoms with van der Waals surface area (Å²) in [4.78, 5) is 17.7. The lowest BCUT2D eigenvalue weighted by Crippen LogP contribution is -2.06. The molecular weight excluding hydrogens is 605 g/mol. The molecule has 224 valence electrons. The summed E-state index contributed by atoms with van der Waals surface area (Å²) in [6.07, 6.45) is 0. The molecule has 3 heterocycles. The minimum absolute atomic E-state index is 0.597. The molecule has 0 spiro atoms. The van der Waals surface area contributed by atoms with Crippen LogP contribution < -0.4 is 0 Å². The number of hydrogen-bond donors (Lipinski definition) is 0. The van der Waals surface area contributed by atoms with Gasteiger partial charge in [0.15, 0.2) is 11.6 Å². The van der Waals surface area contributed by atoms with Crippen LogP contribution in [0.1, 0.15) is 0 Å². The number of fused-ring (bicyclic) bond motifs is 5. The molecule has 0 aliphatic carbocycles. The number of rotatable bonds is 4. The minimum Gasteiger partial charge on any atom is -0.278 e. The molecule has 0 fully saturated rings. The molecular formula is C43H26N4S. The van der Waals surface area contributed by atoms with Gasteiger partial charge in [-0.15, -0.1) is 0 Å². The molecule has 1 aliphatic rings. The van der Waals surface area contributed by atoms with Crippen molar-refractivity contribution < 1.29 is 0 Å². The predicted octanol–water partition coefficient (Wildman–Crippen LogP) is 11.3. The van der Waals surface area contributed by atoms with Gasteiger partial charge in [-0.25, -0.2) is 4.98 Å². The summed E-state index contributed by atoms with van der Waals surface area (Å²) in [5.41, 5.74) is 8.97. The molecule has 7 aromatic carbocycles. The van der Waals surface area contributed by atoms with E-state index in [0.717, 1.165) is 32.9 Å². The maximum Gasteiger partial charge on any atom is 0.238 e. The van der Waals surface area contributed by atoms with E-state index in [-0.39, 0.29) is 0 Å². The van der Waals surface area contributed by atoms with Crippen LogP contribution in [0, 0.1) is 0 Å². The van der Waals surface area contributed by atoms with Gasteiger partial charge >= 0.3 is 0 Å². The zero-order valence-corrected chi connectivity index (χ0v) is 26.5. The Morgan fingerprint density at radius 2 is 1.06 bits per heavy atom. The second kappa shape index (κ2) is 10.8. The first-order chi connectivity index (χ1) is 23.8. The second-order valence-corrected chi connectivity index (χ2v) is 13.2. The summed E-state index contributed by atoms with van der Waals surface area (Å²) in [6, 6.07) is 55.6. The van der Waals surface area contributed by atoms with Crippen molar-refractivity contribution in [1.82, 2.24) is 19.5 Å². The summed E-state index contributed by atoms with van der Waals surface area (Å²) in [5, 5.41) is 4.94. The molecule has 2 aromatic heterocycles. The van der Waals surface area contributed by atoms with Crippen molar-refractivity contribution in [2.24, 2.45) is 0 Å². The molecule has 0 saturated heterocycles. The van der Waals surface area contributed by atoms with Crippen molar-refractivity contribution in [3.63, 3.8) is 0 Å². The van der Waals surface area contributed by atoms with Gasteiger partial charge < -0.3 is 0 Å². The number of aromatic nitrogens is 4. The van der Waals surface area contributed by atoms with E-state index in [4.69, 9.17) is 15.0 Å². The van der Waals surface area contributed by atoms with Crippen LogP contribution in [0.15, 0.2) is 168 Å². The summed E-state index contributed by atoms with van der Waals surface area (Å²) in [7, 11) is 0. The number of hydrogen-bond acceptors (Lipinski definition) is 4. The van der Waals surface area contributed by atoms with Crippen LogP contribution in [0.4, 0.5) is 0 Å². The fourth-order valence-electron chi connectivity index (χ4n) is 7.01. The highest BCUT2D eigenvalue weighted by Gasteiger charge is 2.21. The summed E-state index contributed by atoms with van der Waals surface area (Å²) >= 11 is 1.86. The molecule has 0 radical (unpaired) electrons. The second-order valence-electron chi connectivity index (χ2n) is 12.1. The molecule has 0 saturated carbocycles. The highest BCUT2D eigenvalue weighted by atomic mass is 32.2.